The van der Waals surface area contributed by atoms with Crippen molar-refractivity contribution >= 4 is 41.7 Å². The molecule has 0 bridgehead atoms. The number of halogens is 1. The number of hydrogen-bond acceptors (Lipinski definition) is 4. The lowest BCUT2D eigenvalue weighted by molar-refractivity contribution is 0.428. The molecule has 1 aromatic rings. The van der Waals surface area contributed by atoms with E-state index in [4.69, 9.17) is 5.73 Å². The Labute approximate surface area is 173 Å². The van der Waals surface area contributed by atoms with Gasteiger partial charge in [-0.05, 0) is 31.4 Å². The second-order valence-electron chi connectivity index (χ2n) is 6.85. The van der Waals surface area contributed by atoms with Crippen LogP contribution in [0, 0.1) is 5.92 Å². The van der Waals surface area contributed by atoms with Crippen molar-refractivity contribution in [3.63, 3.8) is 0 Å². The molecule has 8 heteroatoms. The highest BCUT2D eigenvalue weighted by Gasteiger charge is 2.13. The third-order valence-electron chi connectivity index (χ3n) is 4.29. The standard InChI is InChI=1S/C17H32N6S.HI/c1-14(2)13-23-15(20-21-17(23)24-3)9-8-10-19-16(18)22-11-6-4-5-7-12-22;/h14H,4-13H2,1-3H3,(H2,18,19);1H. The van der Waals surface area contributed by atoms with E-state index in [9.17, 15) is 0 Å². The molecule has 0 aliphatic carbocycles. The van der Waals surface area contributed by atoms with Crippen LogP contribution in [0.1, 0.15) is 51.8 Å². The molecule has 0 radical (unpaired) electrons. The summed E-state index contributed by atoms with van der Waals surface area (Å²) < 4.78 is 2.25. The topological polar surface area (TPSA) is 72.3 Å². The second-order valence-corrected chi connectivity index (χ2v) is 7.63. The molecule has 0 unspecified atom stereocenters. The van der Waals surface area contributed by atoms with Gasteiger partial charge in [-0.15, -0.1) is 34.2 Å². The molecule has 0 amide bonds. The fourth-order valence-electron chi connectivity index (χ4n) is 3.03. The largest absolute Gasteiger partial charge is 0.370 e. The lowest BCUT2D eigenvalue weighted by atomic mass is 10.2. The predicted molar refractivity (Wildman–Crippen MR) is 117 cm³/mol. The van der Waals surface area contributed by atoms with Crippen LogP contribution in [-0.4, -0.2) is 51.5 Å². The van der Waals surface area contributed by atoms with Crippen molar-refractivity contribution in [3.8, 4) is 0 Å². The van der Waals surface area contributed by atoms with E-state index in [0.717, 1.165) is 50.0 Å². The number of nitrogens with two attached hydrogens (primary N) is 1. The first-order valence-electron chi connectivity index (χ1n) is 9.12. The third kappa shape index (κ3) is 7.32. The lowest BCUT2D eigenvalue weighted by Gasteiger charge is -2.21. The highest BCUT2D eigenvalue weighted by molar-refractivity contribution is 14.0. The summed E-state index contributed by atoms with van der Waals surface area (Å²) in [6.07, 6.45) is 8.99. The fraction of sp³-hybridized carbons (Fsp3) is 0.824. The summed E-state index contributed by atoms with van der Waals surface area (Å²) in [5.74, 6) is 2.37. The van der Waals surface area contributed by atoms with E-state index >= 15 is 0 Å². The van der Waals surface area contributed by atoms with E-state index in [1.807, 2.05) is 0 Å². The van der Waals surface area contributed by atoms with Gasteiger partial charge in [-0.25, -0.2) is 0 Å². The Hall–Kier alpha value is -0.510. The highest BCUT2D eigenvalue weighted by Crippen LogP contribution is 2.17. The van der Waals surface area contributed by atoms with Crippen LogP contribution in [0.2, 0.25) is 0 Å². The number of guanidine groups is 1. The molecule has 2 rings (SSSR count). The minimum absolute atomic E-state index is 0. The molecular weight excluding hydrogens is 447 g/mol. The Morgan fingerprint density at radius 3 is 2.48 bits per heavy atom. The number of rotatable bonds is 7. The van der Waals surface area contributed by atoms with Crippen molar-refractivity contribution in [2.24, 2.45) is 16.6 Å². The van der Waals surface area contributed by atoms with E-state index in [-0.39, 0.29) is 24.0 Å². The van der Waals surface area contributed by atoms with E-state index in [2.05, 4.69) is 44.8 Å². The van der Waals surface area contributed by atoms with E-state index in [0.29, 0.717) is 11.9 Å². The zero-order valence-electron chi connectivity index (χ0n) is 15.8. The third-order valence-corrected chi connectivity index (χ3v) is 4.95. The molecule has 0 atom stereocenters. The van der Waals surface area contributed by atoms with Crippen LogP contribution in [0.3, 0.4) is 0 Å². The van der Waals surface area contributed by atoms with Crippen molar-refractivity contribution in [2.75, 3.05) is 25.9 Å². The van der Waals surface area contributed by atoms with Gasteiger partial charge in [0.05, 0.1) is 0 Å². The Kier molecular flexibility index (Phi) is 10.8. The summed E-state index contributed by atoms with van der Waals surface area (Å²) in [6, 6.07) is 0. The lowest BCUT2D eigenvalue weighted by Crippen LogP contribution is -2.38. The van der Waals surface area contributed by atoms with Gasteiger partial charge < -0.3 is 15.2 Å². The van der Waals surface area contributed by atoms with Gasteiger partial charge in [0, 0.05) is 32.6 Å². The molecule has 1 saturated heterocycles. The number of thioether (sulfide) groups is 1. The van der Waals surface area contributed by atoms with E-state index in [1.165, 1.54) is 25.7 Å². The molecule has 0 aromatic carbocycles. The zero-order chi connectivity index (χ0) is 17.4. The molecule has 0 spiro atoms. The van der Waals surface area contributed by atoms with Gasteiger partial charge in [0.25, 0.3) is 0 Å². The Morgan fingerprint density at radius 1 is 1.20 bits per heavy atom. The van der Waals surface area contributed by atoms with Gasteiger partial charge in [-0.2, -0.15) is 0 Å². The van der Waals surface area contributed by atoms with Crippen LogP contribution < -0.4 is 5.73 Å². The second kappa shape index (κ2) is 12.0. The first-order valence-corrected chi connectivity index (χ1v) is 10.3. The quantitative estimate of drug-likeness (QED) is 0.213. The summed E-state index contributed by atoms with van der Waals surface area (Å²) in [5, 5.41) is 9.66. The molecule has 0 saturated carbocycles. The fourth-order valence-corrected chi connectivity index (χ4v) is 3.56. The van der Waals surface area contributed by atoms with Crippen LogP contribution in [0.4, 0.5) is 0 Å². The molecule has 2 heterocycles. The number of aromatic nitrogens is 3. The zero-order valence-corrected chi connectivity index (χ0v) is 18.9. The predicted octanol–water partition coefficient (Wildman–Crippen LogP) is 3.40. The highest BCUT2D eigenvalue weighted by atomic mass is 127. The number of hydrogen-bond donors (Lipinski definition) is 1. The van der Waals surface area contributed by atoms with Crippen LogP contribution in [0.25, 0.3) is 0 Å². The van der Waals surface area contributed by atoms with Crippen molar-refractivity contribution in [1.29, 1.82) is 0 Å². The summed E-state index contributed by atoms with van der Waals surface area (Å²) >= 11 is 1.66. The van der Waals surface area contributed by atoms with Gasteiger partial charge in [-0.3, -0.25) is 4.99 Å². The minimum Gasteiger partial charge on any atom is -0.370 e. The van der Waals surface area contributed by atoms with E-state index < -0.39 is 0 Å². The van der Waals surface area contributed by atoms with Crippen LogP contribution >= 0.6 is 35.7 Å². The van der Waals surface area contributed by atoms with Crippen molar-refractivity contribution in [3.05, 3.63) is 5.82 Å². The van der Waals surface area contributed by atoms with Gasteiger partial charge >= 0.3 is 0 Å². The average molecular weight is 480 g/mol. The number of aliphatic imine (C=N–C) groups is 1. The maximum Gasteiger partial charge on any atom is 0.191 e. The SMILES string of the molecule is CSc1nnc(CCCN=C(N)N2CCCCCC2)n1CC(C)C.I. The molecule has 25 heavy (non-hydrogen) atoms. The molecule has 1 fully saturated rings. The van der Waals surface area contributed by atoms with Gasteiger partial charge in [-0.1, -0.05) is 38.5 Å². The van der Waals surface area contributed by atoms with Crippen molar-refractivity contribution in [2.45, 2.75) is 64.1 Å². The maximum atomic E-state index is 6.16. The first-order chi connectivity index (χ1) is 11.6. The van der Waals surface area contributed by atoms with Gasteiger partial charge in [0.2, 0.25) is 0 Å². The molecule has 144 valence electrons. The Bertz CT molecular complexity index is 523. The van der Waals surface area contributed by atoms with Gasteiger partial charge in [0.1, 0.15) is 5.82 Å². The molecule has 1 aliphatic rings. The summed E-state index contributed by atoms with van der Waals surface area (Å²) in [7, 11) is 0. The Balaban J connectivity index is 0.00000312. The van der Waals surface area contributed by atoms with Crippen molar-refractivity contribution < 1.29 is 0 Å². The number of nitrogens with zero attached hydrogens (tertiary/aromatic N) is 5. The maximum absolute atomic E-state index is 6.16. The summed E-state index contributed by atoms with van der Waals surface area (Å²) in [6.45, 7) is 8.27. The summed E-state index contributed by atoms with van der Waals surface area (Å²) in [4.78, 5) is 6.82. The molecule has 1 aromatic heterocycles. The van der Waals surface area contributed by atoms with Crippen molar-refractivity contribution in [1.82, 2.24) is 19.7 Å². The number of likely N-dealkylation sites (tertiary alicyclic amines) is 1. The molecular formula is C17H33IN6S. The molecule has 6 nitrogen and oxygen atoms in total. The smallest absolute Gasteiger partial charge is 0.191 e. The van der Waals surface area contributed by atoms with Crippen LogP contribution in [-0.2, 0) is 13.0 Å². The monoisotopic (exact) mass is 480 g/mol. The molecule has 1 aliphatic heterocycles. The van der Waals surface area contributed by atoms with Crippen LogP contribution in [0.5, 0.6) is 0 Å². The van der Waals surface area contributed by atoms with Gasteiger partial charge in [0.15, 0.2) is 11.1 Å². The average Bonchev–Trinajstić information content (AvgIpc) is 2.76. The normalized spacial score (nSPS) is 16.0. The Morgan fingerprint density at radius 2 is 1.88 bits per heavy atom. The summed E-state index contributed by atoms with van der Waals surface area (Å²) in [5.41, 5.74) is 6.16. The van der Waals surface area contributed by atoms with E-state index in [1.54, 1.807) is 11.8 Å². The van der Waals surface area contributed by atoms with Crippen LogP contribution in [0.15, 0.2) is 10.1 Å². The molecule has 2 N–H and O–H groups in total. The first kappa shape index (κ1) is 22.5. The number of aryl methyl sites for hydroxylation is 1. The minimum atomic E-state index is 0.